The number of carbonyl (C=O) groups excluding carboxylic acids is 1. The lowest BCUT2D eigenvalue weighted by atomic mass is 10.1. The molecule has 0 spiro atoms. The SMILES string of the molecule is COc1cccc(C(=O)Nc2ccn(C3CCN(C)CC3)n2)c1F. The highest BCUT2D eigenvalue weighted by atomic mass is 19.1. The Kier molecular flexibility index (Phi) is 4.80. The van der Waals surface area contributed by atoms with Crippen molar-refractivity contribution in [2.75, 3.05) is 32.6 Å². The second kappa shape index (κ2) is 7.00. The number of nitrogens with one attached hydrogen (secondary N) is 1. The molecule has 7 heteroatoms. The Bertz CT molecular complexity index is 723. The molecular formula is C17H21FN4O2. The van der Waals surface area contributed by atoms with E-state index in [4.69, 9.17) is 4.74 Å². The van der Waals surface area contributed by atoms with Crippen molar-refractivity contribution in [1.29, 1.82) is 0 Å². The molecule has 1 aliphatic heterocycles. The molecule has 1 saturated heterocycles. The van der Waals surface area contributed by atoms with Crippen LogP contribution < -0.4 is 10.1 Å². The van der Waals surface area contributed by atoms with Crippen LogP contribution in [0.2, 0.25) is 0 Å². The third-order valence-electron chi connectivity index (χ3n) is 4.34. The number of nitrogens with zero attached hydrogens (tertiary/aromatic N) is 3. The number of benzene rings is 1. The molecule has 128 valence electrons. The van der Waals surface area contributed by atoms with E-state index in [1.165, 1.54) is 19.2 Å². The maximum absolute atomic E-state index is 14.1. The number of halogens is 1. The number of ether oxygens (including phenoxy) is 1. The van der Waals surface area contributed by atoms with Crippen LogP contribution in [-0.2, 0) is 0 Å². The third kappa shape index (κ3) is 3.41. The average molecular weight is 332 g/mol. The summed E-state index contributed by atoms with van der Waals surface area (Å²) in [5, 5.41) is 7.05. The molecule has 24 heavy (non-hydrogen) atoms. The van der Waals surface area contributed by atoms with Crippen molar-refractivity contribution in [3.05, 3.63) is 41.8 Å². The van der Waals surface area contributed by atoms with Crippen LogP contribution in [0.15, 0.2) is 30.5 Å². The number of aromatic nitrogens is 2. The van der Waals surface area contributed by atoms with E-state index in [2.05, 4.69) is 22.4 Å². The van der Waals surface area contributed by atoms with Crippen LogP contribution in [0.25, 0.3) is 0 Å². The molecule has 6 nitrogen and oxygen atoms in total. The Hall–Kier alpha value is -2.41. The summed E-state index contributed by atoms with van der Waals surface area (Å²) in [5.41, 5.74) is -0.0665. The number of amides is 1. The highest BCUT2D eigenvalue weighted by Crippen LogP contribution is 2.23. The van der Waals surface area contributed by atoms with E-state index in [1.807, 2.05) is 10.9 Å². The summed E-state index contributed by atoms with van der Waals surface area (Å²) >= 11 is 0. The van der Waals surface area contributed by atoms with Crippen LogP contribution in [0.1, 0.15) is 29.2 Å². The van der Waals surface area contributed by atoms with Crippen molar-refractivity contribution in [3.63, 3.8) is 0 Å². The molecule has 0 radical (unpaired) electrons. The van der Waals surface area contributed by atoms with Gasteiger partial charge in [-0.15, -0.1) is 0 Å². The first-order valence-electron chi connectivity index (χ1n) is 7.96. The van der Waals surface area contributed by atoms with Gasteiger partial charge in [0.05, 0.1) is 18.7 Å². The fourth-order valence-corrected chi connectivity index (χ4v) is 2.90. The zero-order valence-corrected chi connectivity index (χ0v) is 13.8. The van der Waals surface area contributed by atoms with Gasteiger partial charge in [0.25, 0.3) is 5.91 Å². The van der Waals surface area contributed by atoms with Crippen LogP contribution in [0, 0.1) is 5.82 Å². The van der Waals surface area contributed by atoms with Gasteiger partial charge in [-0.2, -0.15) is 5.10 Å². The van der Waals surface area contributed by atoms with E-state index < -0.39 is 11.7 Å². The standard InChI is InChI=1S/C17H21FN4O2/c1-21-9-6-12(7-10-21)22-11-8-15(20-22)19-17(23)13-4-3-5-14(24-2)16(13)18/h3-5,8,11-12H,6-7,9-10H2,1-2H3,(H,19,20,23). The van der Waals surface area contributed by atoms with Crippen LogP contribution in [0.4, 0.5) is 10.2 Å². The molecule has 3 rings (SSSR count). The minimum absolute atomic E-state index is 0.0412. The van der Waals surface area contributed by atoms with E-state index in [1.54, 1.807) is 12.1 Å². The van der Waals surface area contributed by atoms with Crippen LogP contribution >= 0.6 is 0 Å². The molecule has 0 atom stereocenters. The van der Waals surface area contributed by atoms with Gasteiger partial charge in [0.1, 0.15) is 0 Å². The fraction of sp³-hybridized carbons (Fsp3) is 0.412. The van der Waals surface area contributed by atoms with Gasteiger partial charge in [0, 0.05) is 12.3 Å². The van der Waals surface area contributed by atoms with Crippen molar-refractivity contribution in [3.8, 4) is 5.75 Å². The second-order valence-corrected chi connectivity index (χ2v) is 5.99. The predicted octanol–water partition coefficient (Wildman–Crippen LogP) is 2.55. The van der Waals surface area contributed by atoms with E-state index in [0.717, 1.165) is 25.9 Å². The number of anilines is 1. The van der Waals surface area contributed by atoms with Crippen LogP contribution in [0.3, 0.4) is 0 Å². The molecule has 1 amide bonds. The second-order valence-electron chi connectivity index (χ2n) is 5.99. The Morgan fingerprint density at radius 3 is 2.79 bits per heavy atom. The molecule has 1 fully saturated rings. The molecule has 1 N–H and O–H groups in total. The van der Waals surface area contributed by atoms with Gasteiger partial charge in [0.2, 0.25) is 0 Å². The molecule has 0 unspecified atom stereocenters. The average Bonchev–Trinajstić information content (AvgIpc) is 3.04. The molecule has 0 bridgehead atoms. The summed E-state index contributed by atoms with van der Waals surface area (Å²) in [6, 6.07) is 6.53. The molecule has 1 aromatic carbocycles. The number of piperidine rings is 1. The molecule has 0 aliphatic carbocycles. The Balaban J connectivity index is 1.69. The van der Waals surface area contributed by atoms with E-state index in [-0.39, 0.29) is 11.3 Å². The maximum atomic E-state index is 14.1. The number of carbonyl (C=O) groups is 1. The molecular weight excluding hydrogens is 311 g/mol. The first-order valence-corrected chi connectivity index (χ1v) is 7.96. The molecule has 2 heterocycles. The van der Waals surface area contributed by atoms with Crippen molar-refractivity contribution in [2.24, 2.45) is 0 Å². The summed E-state index contributed by atoms with van der Waals surface area (Å²) in [5.74, 6) is -0.757. The fourth-order valence-electron chi connectivity index (χ4n) is 2.90. The van der Waals surface area contributed by atoms with Crippen LogP contribution in [-0.4, -0.2) is 47.8 Å². The zero-order valence-electron chi connectivity index (χ0n) is 13.8. The van der Waals surface area contributed by atoms with Crippen LogP contribution in [0.5, 0.6) is 5.75 Å². The number of hydrogen-bond donors (Lipinski definition) is 1. The van der Waals surface area contributed by atoms with E-state index in [9.17, 15) is 9.18 Å². The molecule has 2 aromatic rings. The summed E-state index contributed by atoms with van der Waals surface area (Å²) < 4.78 is 20.9. The summed E-state index contributed by atoms with van der Waals surface area (Å²) in [6.07, 6.45) is 3.90. The smallest absolute Gasteiger partial charge is 0.259 e. The topological polar surface area (TPSA) is 59.4 Å². The van der Waals surface area contributed by atoms with Gasteiger partial charge in [-0.3, -0.25) is 9.48 Å². The molecule has 0 saturated carbocycles. The summed E-state index contributed by atoms with van der Waals surface area (Å²) in [6.45, 7) is 2.06. The molecule has 1 aromatic heterocycles. The van der Waals surface area contributed by atoms with Crippen molar-refractivity contribution < 1.29 is 13.9 Å². The number of methoxy groups -OCH3 is 1. The lowest BCUT2D eigenvalue weighted by Gasteiger charge is -2.28. The van der Waals surface area contributed by atoms with Gasteiger partial charge in [-0.25, -0.2) is 4.39 Å². The highest BCUT2D eigenvalue weighted by Gasteiger charge is 2.20. The van der Waals surface area contributed by atoms with Gasteiger partial charge < -0.3 is 15.0 Å². The Morgan fingerprint density at radius 1 is 1.33 bits per heavy atom. The summed E-state index contributed by atoms with van der Waals surface area (Å²) in [4.78, 5) is 14.6. The normalized spacial score (nSPS) is 16.1. The summed E-state index contributed by atoms with van der Waals surface area (Å²) in [7, 11) is 3.47. The van der Waals surface area contributed by atoms with Crippen molar-refractivity contribution >= 4 is 11.7 Å². The van der Waals surface area contributed by atoms with Gasteiger partial charge >= 0.3 is 0 Å². The van der Waals surface area contributed by atoms with Crippen molar-refractivity contribution in [2.45, 2.75) is 18.9 Å². The monoisotopic (exact) mass is 332 g/mol. The Labute approximate surface area is 140 Å². The number of rotatable bonds is 4. The maximum Gasteiger partial charge on any atom is 0.259 e. The lowest BCUT2D eigenvalue weighted by molar-refractivity contribution is 0.102. The van der Waals surface area contributed by atoms with Gasteiger partial charge in [0.15, 0.2) is 17.4 Å². The van der Waals surface area contributed by atoms with E-state index in [0.29, 0.717) is 11.9 Å². The minimum atomic E-state index is -0.674. The molecule has 1 aliphatic rings. The highest BCUT2D eigenvalue weighted by molar-refractivity contribution is 6.04. The minimum Gasteiger partial charge on any atom is -0.494 e. The van der Waals surface area contributed by atoms with E-state index >= 15 is 0 Å². The van der Waals surface area contributed by atoms with Gasteiger partial charge in [-0.05, 0) is 45.1 Å². The number of hydrogen-bond acceptors (Lipinski definition) is 4. The van der Waals surface area contributed by atoms with Crippen molar-refractivity contribution in [1.82, 2.24) is 14.7 Å². The Morgan fingerprint density at radius 2 is 2.08 bits per heavy atom. The zero-order chi connectivity index (χ0) is 17.1. The quantitative estimate of drug-likeness (QED) is 0.935. The first-order chi connectivity index (χ1) is 11.6. The number of likely N-dealkylation sites (tertiary alicyclic amines) is 1. The van der Waals surface area contributed by atoms with Gasteiger partial charge in [-0.1, -0.05) is 6.07 Å². The third-order valence-corrected chi connectivity index (χ3v) is 4.34. The first kappa shape index (κ1) is 16.4. The largest absolute Gasteiger partial charge is 0.494 e. The lowest BCUT2D eigenvalue weighted by Crippen LogP contribution is -2.31. The predicted molar refractivity (Wildman–Crippen MR) is 88.9 cm³/mol.